The topological polar surface area (TPSA) is 34.9 Å². The first-order chi connectivity index (χ1) is 7.63. The van der Waals surface area contributed by atoms with Gasteiger partial charge in [-0.1, -0.05) is 6.92 Å². The van der Waals surface area contributed by atoms with Gasteiger partial charge in [0.15, 0.2) is 5.78 Å². The molecule has 3 nitrogen and oxygen atoms in total. The summed E-state index contributed by atoms with van der Waals surface area (Å²) < 4.78 is 1.97. The molecular formula is C13H16N2O. The molecule has 0 atom stereocenters. The summed E-state index contributed by atoms with van der Waals surface area (Å²) >= 11 is 0. The lowest BCUT2D eigenvalue weighted by atomic mass is 10.0. The third-order valence-corrected chi connectivity index (χ3v) is 2.85. The number of hydrogen-bond donors (Lipinski definition) is 0. The largest absolute Gasteiger partial charge is 0.334 e. The van der Waals surface area contributed by atoms with Crippen LogP contribution >= 0.6 is 0 Å². The molecule has 2 aromatic rings. The molecule has 84 valence electrons. The highest BCUT2D eigenvalue weighted by Gasteiger charge is 2.11. The van der Waals surface area contributed by atoms with Crippen LogP contribution in [0.3, 0.4) is 0 Å². The van der Waals surface area contributed by atoms with E-state index < -0.39 is 0 Å². The molecule has 3 heteroatoms. The molecular weight excluding hydrogens is 200 g/mol. The summed E-state index contributed by atoms with van der Waals surface area (Å²) in [6.07, 6.45) is 3.27. The fourth-order valence-corrected chi connectivity index (χ4v) is 1.94. The van der Waals surface area contributed by atoms with E-state index >= 15 is 0 Å². The van der Waals surface area contributed by atoms with Crippen molar-refractivity contribution >= 4 is 16.8 Å². The molecule has 0 unspecified atom stereocenters. The number of carbonyl (C=O) groups excluding carboxylic acids is 1. The number of hydrogen-bond acceptors (Lipinski definition) is 2. The van der Waals surface area contributed by atoms with Crippen molar-refractivity contribution in [1.29, 1.82) is 0 Å². The van der Waals surface area contributed by atoms with Crippen LogP contribution in [0, 0.1) is 6.92 Å². The van der Waals surface area contributed by atoms with Crippen molar-refractivity contribution in [3.63, 3.8) is 0 Å². The molecule has 1 aromatic heterocycles. The van der Waals surface area contributed by atoms with Crippen molar-refractivity contribution in [2.24, 2.45) is 7.05 Å². The number of benzene rings is 1. The Hall–Kier alpha value is -1.64. The highest BCUT2D eigenvalue weighted by molar-refractivity contribution is 6.00. The van der Waals surface area contributed by atoms with Crippen LogP contribution in [0.4, 0.5) is 0 Å². The van der Waals surface area contributed by atoms with Gasteiger partial charge in [0.2, 0.25) is 0 Å². The average molecular weight is 216 g/mol. The number of fused-ring (bicyclic) bond motifs is 1. The van der Waals surface area contributed by atoms with Crippen molar-refractivity contribution < 1.29 is 4.79 Å². The second-order valence-corrected chi connectivity index (χ2v) is 4.18. The van der Waals surface area contributed by atoms with Gasteiger partial charge in [-0.3, -0.25) is 4.79 Å². The van der Waals surface area contributed by atoms with E-state index in [9.17, 15) is 4.79 Å². The lowest BCUT2D eigenvalue weighted by Gasteiger charge is -2.05. The number of Topliss-reactive ketones (excluding diaryl/α,β-unsaturated/α-hetero) is 1. The molecule has 1 heterocycles. The van der Waals surface area contributed by atoms with Crippen molar-refractivity contribution in [3.05, 3.63) is 29.6 Å². The maximum Gasteiger partial charge on any atom is 0.163 e. The predicted molar refractivity (Wildman–Crippen MR) is 64.7 cm³/mol. The molecule has 0 fully saturated rings. The van der Waals surface area contributed by atoms with E-state index in [0.717, 1.165) is 28.6 Å². The summed E-state index contributed by atoms with van der Waals surface area (Å²) in [7, 11) is 1.96. The Morgan fingerprint density at radius 1 is 1.44 bits per heavy atom. The van der Waals surface area contributed by atoms with E-state index in [0.29, 0.717) is 6.42 Å². The van der Waals surface area contributed by atoms with Crippen LogP contribution in [0.25, 0.3) is 11.0 Å². The zero-order valence-electron chi connectivity index (χ0n) is 9.95. The first kappa shape index (κ1) is 10.9. The number of rotatable bonds is 3. The van der Waals surface area contributed by atoms with E-state index in [2.05, 4.69) is 4.98 Å². The van der Waals surface area contributed by atoms with E-state index in [-0.39, 0.29) is 5.78 Å². The van der Waals surface area contributed by atoms with Crippen LogP contribution in [0.2, 0.25) is 0 Å². The minimum absolute atomic E-state index is 0.215. The monoisotopic (exact) mass is 216 g/mol. The van der Waals surface area contributed by atoms with Crippen LogP contribution < -0.4 is 0 Å². The first-order valence-corrected chi connectivity index (χ1v) is 5.58. The van der Waals surface area contributed by atoms with Crippen LogP contribution in [0.5, 0.6) is 0 Å². The summed E-state index contributed by atoms with van der Waals surface area (Å²) in [6, 6.07) is 3.94. The van der Waals surface area contributed by atoms with E-state index in [1.54, 1.807) is 6.33 Å². The quantitative estimate of drug-likeness (QED) is 0.739. The molecule has 0 aliphatic carbocycles. The molecule has 16 heavy (non-hydrogen) atoms. The van der Waals surface area contributed by atoms with Gasteiger partial charge in [-0.15, -0.1) is 0 Å². The second-order valence-electron chi connectivity index (χ2n) is 4.18. The van der Waals surface area contributed by atoms with Crippen LogP contribution in [-0.4, -0.2) is 15.3 Å². The van der Waals surface area contributed by atoms with Gasteiger partial charge in [0.05, 0.1) is 17.4 Å². The number of imidazole rings is 1. The molecule has 0 bridgehead atoms. The molecule has 0 N–H and O–H groups in total. The molecule has 0 radical (unpaired) electrons. The third kappa shape index (κ3) is 1.73. The van der Waals surface area contributed by atoms with Gasteiger partial charge < -0.3 is 4.57 Å². The van der Waals surface area contributed by atoms with Crippen molar-refractivity contribution in [3.8, 4) is 0 Å². The van der Waals surface area contributed by atoms with Gasteiger partial charge in [-0.05, 0) is 31.0 Å². The normalized spacial score (nSPS) is 10.9. The molecule has 1 aromatic carbocycles. The highest BCUT2D eigenvalue weighted by Crippen LogP contribution is 2.19. The first-order valence-electron chi connectivity index (χ1n) is 5.58. The Balaban J connectivity index is 2.54. The van der Waals surface area contributed by atoms with E-state index in [1.165, 1.54) is 0 Å². The highest BCUT2D eigenvalue weighted by atomic mass is 16.1. The van der Waals surface area contributed by atoms with Crippen LogP contribution in [0.1, 0.15) is 35.7 Å². The Kier molecular flexibility index (Phi) is 2.77. The zero-order chi connectivity index (χ0) is 11.7. The summed E-state index contributed by atoms with van der Waals surface area (Å²) in [4.78, 5) is 16.2. The SMILES string of the molecule is CCCC(=O)c1cc2ncn(C)c2cc1C. The van der Waals surface area contributed by atoms with Crippen molar-refractivity contribution in [2.75, 3.05) is 0 Å². The fourth-order valence-electron chi connectivity index (χ4n) is 1.94. The molecule has 0 spiro atoms. The average Bonchev–Trinajstić information content (AvgIpc) is 2.59. The standard InChI is InChI=1S/C13H16N2O/c1-4-5-13(16)10-7-11-12(6-9(10)2)15(3)8-14-11/h6-8H,4-5H2,1-3H3. The third-order valence-electron chi connectivity index (χ3n) is 2.85. The van der Waals surface area contributed by atoms with E-state index in [1.807, 2.05) is 37.6 Å². The van der Waals surface area contributed by atoms with Gasteiger partial charge in [0, 0.05) is 19.0 Å². The number of aryl methyl sites for hydroxylation is 2. The van der Waals surface area contributed by atoms with Crippen LogP contribution in [-0.2, 0) is 7.05 Å². The Bertz CT molecular complexity index is 540. The molecule has 0 aliphatic rings. The van der Waals surface area contributed by atoms with Gasteiger partial charge in [-0.2, -0.15) is 0 Å². The zero-order valence-corrected chi connectivity index (χ0v) is 9.95. The molecule has 0 saturated heterocycles. The van der Waals surface area contributed by atoms with Crippen molar-refractivity contribution in [2.45, 2.75) is 26.7 Å². The summed E-state index contributed by atoms with van der Waals surface area (Å²) in [5.74, 6) is 0.215. The molecule has 0 saturated carbocycles. The number of ketones is 1. The smallest absolute Gasteiger partial charge is 0.163 e. The number of aromatic nitrogens is 2. The second kappa shape index (κ2) is 4.08. The molecule has 0 amide bonds. The lowest BCUT2D eigenvalue weighted by molar-refractivity contribution is 0.0981. The number of carbonyl (C=O) groups is 1. The van der Waals surface area contributed by atoms with Gasteiger partial charge in [-0.25, -0.2) is 4.98 Å². The van der Waals surface area contributed by atoms with Gasteiger partial charge in [0.25, 0.3) is 0 Å². The van der Waals surface area contributed by atoms with Gasteiger partial charge >= 0.3 is 0 Å². The molecule has 0 aliphatic heterocycles. The summed E-state index contributed by atoms with van der Waals surface area (Å²) in [5, 5.41) is 0. The summed E-state index contributed by atoms with van der Waals surface area (Å²) in [6.45, 7) is 4.00. The predicted octanol–water partition coefficient (Wildman–Crippen LogP) is 2.86. The Morgan fingerprint density at radius 2 is 2.19 bits per heavy atom. The minimum atomic E-state index is 0.215. The maximum absolute atomic E-state index is 11.9. The van der Waals surface area contributed by atoms with E-state index in [4.69, 9.17) is 0 Å². The lowest BCUT2D eigenvalue weighted by Crippen LogP contribution is -2.01. The molecule has 2 rings (SSSR count). The Morgan fingerprint density at radius 3 is 2.88 bits per heavy atom. The number of nitrogens with zero attached hydrogens (tertiary/aromatic N) is 2. The van der Waals surface area contributed by atoms with Gasteiger partial charge in [0.1, 0.15) is 0 Å². The summed E-state index contributed by atoms with van der Waals surface area (Å²) in [5.41, 5.74) is 3.82. The minimum Gasteiger partial charge on any atom is -0.334 e. The maximum atomic E-state index is 11.9. The Labute approximate surface area is 95.1 Å². The van der Waals surface area contributed by atoms with Crippen LogP contribution in [0.15, 0.2) is 18.5 Å². The van der Waals surface area contributed by atoms with Crippen molar-refractivity contribution in [1.82, 2.24) is 9.55 Å². The fraction of sp³-hybridized carbons (Fsp3) is 0.385.